The molecule has 2 aromatic rings. The quantitative estimate of drug-likeness (QED) is 0.847. The third-order valence-electron chi connectivity index (χ3n) is 5.26. The monoisotopic (exact) mass is 331 g/mol. The number of amides is 1. The van der Waals surface area contributed by atoms with Gasteiger partial charge in [-0.15, -0.1) is 11.3 Å². The van der Waals surface area contributed by atoms with Gasteiger partial charge in [-0.3, -0.25) is 4.90 Å². The molecule has 6 nitrogen and oxygen atoms in total. The van der Waals surface area contributed by atoms with E-state index in [0.717, 1.165) is 37.5 Å². The predicted molar refractivity (Wildman–Crippen MR) is 85.5 cm³/mol. The molecule has 23 heavy (non-hydrogen) atoms. The molecule has 0 saturated carbocycles. The topological polar surface area (TPSA) is 58.8 Å². The van der Waals surface area contributed by atoms with Crippen molar-refractivity contribution in [2.75, 3.05) is 31.1 Å². The summed E-state index contributed by atoms with van der Waals surface area (Å²) in [5, 5.41) is 2.73. The van der Waals surface area contributed by atoms with Crippen LogP contribution in [0.2, 0.25) is 0 Å². The molecule has 0 N–H and O–H groups in total. The number of hydrogen-bond acceptors (Lipinski definition) is 6. The molecule has 4 aliphatic heterocycles. The van der Waals surface area contributed by atoms with Gasteiger partial charge in [0.25, 0.3) is 0 Å². The third-order valence-corrected chi connectivity index (χ3v) is 6.05. The Balaban J connectivity index is 1.43. The second kappa shape index (κ2) is 4.82. The molecule has 1 spiro atoms. The zero-order valence-corrected chi connectivity index (χ0v) is 13.4. The molecule has 1 atom stereocenters. The number of furan rings is 1. The molecule has 6 rings (SSSR count). The molecule has 0 unspecified atom stereocenters. The number of piperidine rings is 3. The number of carbonyl (C=O) groups excluding carboxylic acids is 1. The van der Waals surface area contributed by atoms with Crippen LogP contribution < -0.4 is 4.90 Å². The number of rotatable bonds is 2. The van der Waals surface area contributed by atoms with Crippen molar-refractivity contribution >= 4 is 23.3 Å². The number of anilines is 1. The number of ether oxygens (including phenoxy) is 1. The van der Waals surface area contributed by atoms with Crippen LogP contribution in [-0.2, 0) is 4.74 Å². The highest BCUT2D eigenvalue weighted by molar-refractivity contribution is 7.13. The number of carbonyl (C=O) groups is 1. The van der Waals surface area contributed by atoms with Crippen molar-refractivity contribution in [1.29, 1.82) is 0 Å². The fraction of sp³-hybridized carbons (Fsp3) is 0.500. The molecule has 7 heteroatoms. The summed E-state index contributed by atoms with van der Waals surface area (Å²) in [6.45, 7) is 3.68. The van der Waals surface area contributed by atoms with Crippen molar-refractivity contribution in [3.8, 4) is 10.8 Å². The Bertz CT molecular complexity index is 736. The lowest BCUT2D eigenvalue weighted by Crippen LogP contribution is -2.61. The van der Waals surface area contributed by atoms with E-state index in [1.807, 2.05) is 17.5 Å². The first-order chi connectivity index (χ1) is 11.2. The molecule has 0 aliphatic carbocycles. The highest BCUT2D eigenvalue weighted by Crippen LogP contribution is 2.43. The van der Waals surface area contributed by atoms with Crippen LogP contribution in [0, 0.1) is 5.92 Å². The lowest BCUT2D eigenvalue weighted by molar-refractivity contribution is -0.0881. The molecule has 2 bridgehead atoms. The van der Waals surface area contributed by atoms with Crippen molar-refractivity contribution in [2.24, 2.45) is 5.92 Å². The Morgan fingerprint density at radius 3 is 2.83 bits per heavy atom. The number of fused-ring (bicyclic) bond motifs is 2. The number of hydrogen-bond donors (Lipinski definition) is 0. The van der Waals surface area contributed by atoms with Crippen LogP contribution >= 0.6 is 11.3 Å². The summed E-state index contributed by atoms with van der Waals surface area (Å²) >= 11 is 1.52. The smallest absolute Gasteiger partial charge is 0.417 e. The number of aromatic nitrogens is 1. The van der Waals surface area contributed by atoms with Crippen molar-refractivity contribution in [3.05, 3.63) is 23.7 Å². The van der Waals surface area contributed by atoms with E-state index in [9.17, 15) is 4.79 Å². The number of nitrogens with zero attached hydrogens (tertiary/aromatic N) is 3. The van der Waals surface area contributed by atoms with E-state index in [2.05, 4.69) is 9.88 Å². The summed E-state index contributed by atoms with van der Waals surface area (Å²) in [5.41, 5.74) is -0.359. The Morgan fingerprint density at radius 1 is 1.26 bits per heavy atom. The highest BCUT2D eigenvalue weighted by Gasteiger charge is 2.56. The predicted octanol–water partition coefficient (Wildman–Crippen LogP) is 2.82. The molecular weight excluding hydrogens is 314 g/mol. The minimum absolute atomic E-state index is 0.293. The summed E-state index contributed by atoms with van der Waals surface area (Å²) in [6.07, 6.45) is 3.68. The van der Waals surface area contributed by atoms with Crippen LogP contribution in [-0.4, -0.2) is 47.8 Å². The van der Waals surface area contributed by atoms with Crippen LogP contribution in [0.4, 0.5) is 10.7 Å². The molecular formula is C16H17N3O3S. The Kier molecular flexibility index (Phi) is 2.84. The van der Waals surface area contributed by atoms with E-state index in [4.69, 9.17) is 9.15 Å². The largest absolute Gasteiger partial charge is 0.439 e. The molecule has 4 aliphatic rings. The van der Waals surface area contributed by atoms with Gasteiger partial charge in [0.05, 0.1) is 6.54 Å². The van der Waals surface area contributed by atoms with Gasteiger partial charge in [0.2, 0.25) is 5.88 Å². The normalized spacial score (nSPS) is 32.7. The van der Waals surface area contributed by atoms with Crippen molar-refractivity contribution in [2.45, 2.75) is 18.4 Å². The third kappa shape index (κ3) is 2.03. The van der Waals surface area contributed by atoms with E-state index >= 15 is 0 Å². The van der Waals surface area contributed by atoms with Crippen LogP contribution in [0.15, 0.2) is 28.1 Å². The second-order valence-electron chi connectivity index (χ2n) is 6.54. The fourth-order valence-corrected chi connectivity index (χ4v) is 4.71. The van der Waals surface area contributed by atoms with Gasteiger partial charge < -0.3 is 9.15 Å². The summed E-state index contributed by atoms with van der Waals surface area (Å²) in [4.78, 5) is 20.7. The summed E-state index contributed by atoms with van der Waals surface area (Å²) < 4.78 is 11.7. The molecule has 4 fully saturated rings. The average Bonchev–Trinajstić information content (AvgIpc) is 3.28. The maximum Gasteiger partial charge on any atom is 0.417 e. The Morgan fingerprint density at radius 2 is 2.13 bits per heavy atom. The van der Waals surface area contributed by atoms with Crippen LogP contribution in [0.3, 0.4) is 0 Å². The number of thiazole rings is 1. The molecule has 2 aromatic heterocycles. The lowest BCUT2D eigenvalue weighted by atomic mass is 9.75. The van der Waals surface area contributed by atoms with Crippen LogP contribution in [0.25, 0.3) is 10.8 Å². The molecule has 120 valence electrons. The Labute approximate surface area is 137 Å². The lowest BCUT2D eigenvalue weighted by Gasteiger charge is -2.49. The first kappa shape index (κ1) is 13.6. The first-order valence-electron chi connectivity index (χ1n) is 7.96. The zero-order chi connectivity index (χ0) is 15.4. The van der Waals surface area contributed by atoms with Gasteiger partial charge in [-0.2, -0.15) is 0 Å². The molecule has 0 radical (unpaired) electrons. The molecule has 1 amide bonds. The van der Waals surface area contributed by atoms with Gasteiger partial charge in [-0.05, 0) is 32.0 Å². The zero-order valence-electron chi connectivity index (χ0n) is 12.6. The van der Waals surface area contributed by atoms with Gasteiger partial charge >= 0.3 is 6.09 Å². The Hall–Kier alpha value is -1.86. The maximum atomic E-state index is 12.4. The maximum absolute atomic E-state index is 12.4. The summed E-state index contributed by atoms with van der Waals surface area (Å²) in [7, 11) is 0. The fourth-order valence-electron chi connectivity index (χ4n) is 4.11. The van der Waals surface area contributed by atoms with Gasteiger partial charge in [0.15, 0.2) is 10.8 Å². The average molecular weight is 331 g/mol. The van der Waals surface area contributed by atoms with Crippen molar-refractivity contribution in [1.82, 2.24) is 9.88 Å². The van der Waals surface area contributed by atoms with E-state index in [0.29, 0.717) is 24.1 Å². The standard InChI is InChI=1S/C16H17N3O3S/c20-15-19(13-2-1-12(21-13)14-17-5-8-23-14)10-16(22-15)9-18-6-3-11(16)4-7-18/h1-2,5,8,11H,3-4,6-7,9-10H2/t16-/m1/s1. The van der Waals surface area contributed by atoms with E-state index in [1.165, 1.54) is 11.3 Å². The minimum Gasteiger partial charge on any atom is -0.439 e. The van der Waals surface area contributed by atoms with E-state index in [-0.39, 0.29) is 11.7 Å². The van der Waals surface area contributed by atoms with Gasteiger partial charge in [-0.25, -0.2) is 14.7 Å². The van der Waals surface area contributed by atoms with Crippen LogP contribution in [0.5, 0.6) is 0 Å². The minimum atomic E-state index is -0.359. The van der Waals surface area contributed by atoms with Gasteiger partial charge in [0.1, 0.15) is 5.60 Å². The SMILES string of the molecule is O=C1O[C@]2(CN3CCC2CC3)CN1c1ccc(-c2nccs2)o1. The second-order valence-corrected chi connectivity index (χ2v) is 7.44. The van der Waals surface area contributed by atoms with Crippen molar-refractivity contribution < 1.29 is 13.9 Å². The van der Waals surface area contributed by atoms with Crippen LogP contribution in [0.1, 0.15) is 12.8 Å². The summed E-state index contributed by atoms with van der Waals surface area (Å²) in [5.74, 6) is 1.71. The highest BCUT2D eigenvalue weighted by atomic mass is 32.1. The summed E-state index contributed by atoms with van der Waals surface area (Å²) in [6, 6.07) is 3.70. The first-order valence-corrected chi connectivity index (χ1v) is 8.84. The van der Waals surface area contributed by atoms with Gasteiger partial charge in [0, 0.05) is 30.1 Å². The molecule has 6 heterocycles. The van der Waals surface area contributed by atoms with Crippen molar-refractivity contribution in [3.63, 3.8) is 0 Å². The molecule has 4 saturated heterocycles. The molecule has 0 aromatic carbocycles. The van der Waals surface area contributed by atoms with E-state index < -0.39 is 0 Å². The van der Waals surface area contributed by atoms with Gasteiger partial charge in [-0.1, -0.05) is 0 Å². The van der Waals surface area contributed by atoms with E-state index in [1.54, 1.807) is 11.1 Å².